The quantitative estimate of drug-likeness (QED) is 0.550. The minimum absolute atomic E-state index is 0.0299. The average molecular weight is 425 g/mol. The second-order valence-electron chi connectivity index (χ2n) is 6.66. The lowest BCUT2D eigenvalue weighted by atomic mass is 10.2. The summed E-state index contributed by atoms with van der Waals surface area (Å²) in [7, 11) is 2.71. The van der Waals surface area contributed by atoms with E-state index in [9.17, 15) is 19.5 Å². The Bertz CT molecular complexity index is 1020. The van der Waals surface area contributed by atoms with Crippen LogP contribution in [0.15, 0.2) is 59.8 Å². The molecule has 3 rings (SSSR count). The number of carbonyl (C=O) groups excluding carboxylic acids is 3. The van der Waals surface area contributed by atoms with Crippen molar-refractivity contribution >= 4 is 29.2 Å². The molecule has 0 unspecified atom stereocenters. The van der Waals surface area contributed by atoms with Gasteiger partial charge in [0.2, 0.25) is 0 Å². The maximum absolute atomic E-state index is 12.7. The van der Waals surface area contributed by atoms with E-state index in [-0.39, 0.29) is 36.9 Å². The van der Waals surface area contributed by atoms with E-state index in [0.717, 1.165) is 0 Å². The van der Waals surface area contributed by atoms with Crippen molar-refractivity contribution in [2.75, 3.05) is 44.5 Å². The molecule has 1 aliphatic rings. The molecule has 9 nitrogen and oxygen atoms in total. The molecule has 31 heavy (non-hydrogen) atoms. The van der Waals surface area contributed by atoms with Crippen molar-refractivity contribution in [1.82, 2.24) is 4.90 Å². The van der Waals surface area contributed by atoms with Crippen LogP contribution in [0.4, 0.5) is 11.4 Å². The molecule has 1 aliphatic heterocycles. The molecule has 0 fully saturated rings. The van der Waals surface area contributed by atoms with Gasteiger partial charge in [-0.15, -0.1) is 0 Å². The highest BCUT2D eigenvalue weighted by Gasteiger charge is 2.34. The van der Waals surface area contributed by atoms with E-state index < -0.39 is 11.9 Å². The van der Waals surface area contributed by atoms with Crippen LogP contribution in [0, 0.1) is 0 Å². The van der Waals surface area contributed by atoms with Crippen LogP contribution < -0.4 is 15.4 Å². The largest absolute Gasteiger partial charge is 0.495 e. The monoisotopic (exact) mass is 425 g/mol. The van der Waals surface area contributed by atoms with Gasteiger partial charge in [0, 0.05) is 17.8 Å². The maximum atomic E-state index is 12.7. The average Bonchev–Trinajstić information content (AvgIpc) is 3.09. The van der Waals surface area contributed by atoms with Gasteiger partial charge >= 0.3 is 5.97 Å². The third kappa shape index (κ3) is 4.84. The van der Waals surface area contributed by atoms with Crippen LogP contribution in [-0.4, -0.2) is 61.7 Å². The second kappa shape index (κ2) is 9.77. The van der Waals surface area contributed by atoms with Gasteiger partial charge in [-0.3, -0.25) is 9.59 Å². The lowest BCUT2D eigenvalue weighted by Gasteiger charge is -2.16. The summed E-state index contributed by atoms with van der Waals surface area (Å²) in [5, 5.41) is 14.9. The van der Waals surface area contributed by atoms with Crippen LogP contribution in [0.3, 0.4) is 0 Å². The number of β-amino-alcohol motifs (C(OH)–C–C–N with tert-alkyl or cyclic N) is 1. The number of ether oxygens (including phenoxy) is 2. The number of methoxy groups -OCH3 is 2. The Balaban J connectivity index is 1.89. The van der Waals surface area contributed by atoms with E-state index in [1.807, 2.05) is 6.07 Å². The smallest absolute Gasteiger partial charge is 0.337 e. The molecule has 162 valence electrons. The first-order chi connectivity index (χ1) is 15.0. The minimum Gasteiger partial charge on any atom is -0.495 e. The number of rotatable bonds is 8. The van der Waals surface area contributed by atoms with Gasteiger partial charge in [-0.1, -0.05) is 18.2 Å². The van der Waals surface area contributed by atoms with Gasteiger partial charge in [0.1, 0.15) is 11.4 Å². The van der Waals surface area contributed by atoms with Crippen molar-refractivity contribution in [2.24, 2.45) is 0 Å². The Morgan fingerprint density at radius 3 is 2.52 bits per heavy atom. The van der Waals surface area contributed by atoms with Crippen LogP contribution >= 0.6 is 0 Å². The van der Waals surface area contributed by atoms with Gasteiger partial charge in [0.15, 0.2) is 0 Å². The molecule has 0 atom stereocenters. The number of nitrogens with one attached hydrogen (secondary N) is 2. The van der Waals surface area contributed by atoms with Crippen molar-refractivity contribution in [3.63, 3.8) is 0 Å². The lowest BCUT2D eigenvalue weighted by molar-refractivity contribution is -0.136. The fourth-order valence-corrected chi connectivity index (χ4v) is 3.16. The lowest BCUT2D eigenvalue weighted by Crippen LogP contribution is -2.31. The normalized spacial score (nSPS) is 13.3. The summed E-state index contributed by atoms with van der Waals surface area (Å²) in [4.78, 5) is 38.7. The molecule has 0 aliphatic carbocycles. The van der Waals surface area contributed by atoms with E-state index in [1.165, 1.54) is 19.1 Å². The second-order valence-corrected chi connectivity index (χ2v) is 6.66. The Labute approximate surface area is 179 Å². The number of aliphatic hydroxyl groups is 1. The van der Waals surface area contributed by atoms with Crippen molar-refractivity contribution in [1.29, 1.82) is 0 Å². The maximum Gasteiger partial charge on any atom is 0.337 e. The number of carbonyl (C=O) groups is 3. The molecule has 2 amide bonds. The summed E-state index contributed by atoms with van der Waals surface area (Å²) in [6.45, 7) is -0.112. The molecule has 0 spiro atoms. The van der Waals surface area contributed by atoms with E-state index in [2.05, 4.69) is 10.6 Å². The van der Waals surface area contributed by atoms with E-state index in [1.54, 1.807) is 42.5 Å². The van der Waals surface area contributed by atoms with E-state index >= 15 is 0 Å². The number of hydrogen-bond donors (Lipinski definition) is 3. The highest BCUT2D eigenvalue weighted by Crippen LogP contribution is 2.30. The first kappa shape index (κ1) is 21.8. The molecule has 2 aromatic carbocycles. The number of nitrogens with zero attached hydrogens (tertiary/aromatic N) is 1. The third-order valence-electron chi connectivity index (χ3n) is 4.71. The summed E-state index contributed by atoms with van der Waals surface area (Å²) in [5.41, 5.74) is 1.54. The fraction of sp³-hybridized carbons (Fsp3) is 0.227. The first-order valence-corrected chi connectivity index (χ1v) is 9.51. The first-order valence-electron chi connectivity index (χ1n) is 9.51. The summed E-state index contributed by atoms with van der Waals surface area (Å²) in [6, 6.07) is 13.6. The zero-order valence-corrected chi connectivity index (χ0v) is 17.2. The molecule has 0 bridgehead atoms. The number of amides is 2. The van der Waals surface area contributed by atoms with E-state index in [4.69, 9.17) is 9.47 Å². The standard InChI is InChI=1S/C22H23N3O6/c1-30-18-9-8-15(12-17(18)24-20(27)14-6-4-3-5-7-14)23-19-16(22(29)31-2)13-25(10-11-26)21(19)28/h3-9,12,23,26H,10-11,13H2,1-2H3,(H,24,27). The number of aliphatic hydroxyl groups excluding tert-OH is 1. The zero-order valence-electron chi connectivity index (χ0n) is 17.2. The predicted molar refractivity (Wildman–Crippen MR) is 114 cm³/mol. The van der Waals surface area contributed by atoms with Crippen molar-refractivity contribution < 1.29 is 29.0 Å². The molecule has 3 N–H and O–H groups in total. The molecular formula is C22H23N3O6. The highest BCUT2D eigenvalue weighted by molar-refractivity contribution is 6.09. The Hall–Kier alpha value is -3.85. The van der Waals surface area contributed by atoms with Crippen molar-refractivity contribution in [3.05, 3.63) is 65.4 Å². The van der Waals surface area contributed by atoms with Crippen LogP contribution in [0.1, 0.15) is 10.4 Å². The topological polar surface area (TPSA) is 117 Å². The van der Waals surface area contributed by atoms with Crippen molar-refractivity contribution in [2.45, 2.75) is 0 Å². The van der Waals surface area contributed by atoms with Crippen LogP contribution in [0.25, 0.3) is 0 Å². The van der Waals surface area contributed by atoms with Gasteiger partial charge in [0.25, 0.3) is 11.8 Å². The summed E-state index contributed by atoms with van der Waals surface area (Å²) >= 11 is 0. The Morgan fingerprint density at radius 2 is 1.87 bits per heavy atom. The van der Waals surface area contributed by atoms with Gasteiger partial charge in [-0.25, -0.2) is 4.79 Å². The fourth-order valence-electron chi connectivity index (χ4n) is 3.16. The Kier molecular flexibility index (Phi) is 6.88. The Morgan fingerprint density at radius 1 is 1.13 bits per heavy atom. The predicted octanol–water partition coefficient (Wildman–Crippen LogP) is 1.62. The molecule has 9 heteroatoms. The molecule has 2 aromatic rings. The van der Waals surface area contributed by atoms with Crippen LogP contribution in [-0.2, 0) is 14.3 Å². The van der Waals surface area contributed by atoms with Crippen LogP contribution in [0.2, 0.25) is 0 Å². The summed E-state index contributed by atoms with van der Waals surface area (Å²) in [5.74, 6) is -0.962. The van der Waals surface area contributed by atoms with Crippen molar-refractivity contribution in [3.8, 4) is 5.75 Å². The van der Waals surface area contributed by atoms with Gasteiger partial charge in [0.05, 0.1) is 38.6 Å². The van der Waals surface area contributed by atoms with Gasteiger partial charge in [-0.2, -0.15) is 0 Å². The van der Waals surface area contributed by atoms with Gasteiger partial charge < -0.3 is 30.1 Å². The number of benzene rings is 2. The molecule has 1 heterocycles. The summed E-state index contributed by atoms with van der Waals surface area (Å²) < 4.78 is 10.1. The highest BCUT2D eigenvalue weighted by atomic mass is 16.5. The molecule has 0 aromatic heterocycles. The molecule has 0 saturated heterocycles. The van der Waals surface area contributed by atoms with E-state index in [0.29, 0.717) is 22.7 Å². The zero-order chi connectivity index (χ0) is 22.4. The molecular weight excluding hydrogens is 402 g/mol. The number of anilines is 2. The SMILES string of the molecule is COC(=O)C1=C(Nc2ccc(OC)c(NC(=O)c3ccccc3)c2)C(=O)N(CCO)C1. The minimum atomic E-state index is -0.637. The van der Waals surface area contributed by atoms with Crippen LogP contribution in [0.5, 0.6) is 5.75 Å². The third-order valence-corrected chi connectivity index (χ3v) is 4.71. The summed E-state index contributed by atoms with van der Waals surface area (Å²) in [6.07, 6.45) is 0. The number of hydrogen-bond acceptors (Lipinski definition) is 7. The number of esters is 1. The molecule has 0 radical (unpaired) electrons. The van der Waals surface area contributed by atoms with Gasteiger partial charge in [-0.05, 0) is 30.3 Å². The molecule has 0 saturated carbocycles.